The largest absolute Gasteiger partial charge is 0.396 e. The minimum atomic E-state index is 0.227. The molecule has 0 radical (unpaired) electrons. The summed E-state index contributed by atoms with van der Waals surface area (Å²) >= 11 is 1.79. The van der Waals surface area contributed by atoms with Gasteiger partial charge < -0.3 is 15.3 Å². The first-order valence-electron chi connectivity index (χ1n) is 8.76. The van der Waals surface area contributed by atoms with Crippen LogP contribution >= 0.6 is 11.3 Å². The summed E-state index contributed by atoms with van der Waals surface area (Å²) in [6.45, 7) is 5.25. The number of piperazine rings is 1. The summed E-state index contributed by atoms with van der Waals surface area (Å²) in [5.74, 6) is 0. The van der Waals surface area contributed by atoms with Gasteiger partial charge in [-0.3, -0.25) is 9.88 Å². The second-order valence-electron chi connectivity index (χ2n) is 6.77. The molecule has 4 heterocycles. The molecule has 2 aliphatic rings. The van der Waals surface area contributed by atoms with Gasteiger partial charge in [0.2, 0.25) is 0 Å². The fourth-order valence-electron chi connectivity index (χ4n) is 3.73. The molecule has 1 atom stereocenters. The number of hydrogen-bond donors (Lipinski definition) is 2. The number of fused-ring (bicyclic) bond motifs is 2. The van der Waals surface area contributed by atoms with Gasteiger partial charge in [-0.15, -0.1) is 11.3 Å². The Morgan fingerprint density at radius 3 is 3.12 bits per heavy atom. The molecule has 0 aliphatic carbocycles. The molecule has 2 aliphatic heterocycles. The van der Waals surface area contributed by atoms with E-state index in [0.29, 0.717) is 6.04 Å². The lowest BCUT2D eigenvalue weighted by atomic mass is 10.1. The monoisotopic (exact) mass is 356 g/mol. The Morgan fingerprint density at radius 1 is 1.40 bits per heavy atom. The molecular weight excluding hydrogens is 332 g/mol. The number of aromatic nitrogens is 1. The molecular formula is C19H24N4OS. The third-order valence-corrected chi connectivity index (χ3v) is 6.07. The number of nitrogens with one attached hydrogen (secondary N) is 1. The van der Waals surface area contributed by atoms with Gasteiger partial charge >= 0.3 is 0 Å². The third kappa shape index (κ3) is 3.05. The van der Waals surface area contributed by atoms with E-state index in [1.165, 1.54) is 21.1 Å². The zero-order chi connectivity index (χ0) is 17.4. The molecule has 2 aromatic rings. The lowest BCUT2D eigenvalue weighted by Crippen LogP contribution is -2.52. The Bertz CT molecular complexity index is 891. The molecule has 1 saturated heterocycles. The Morgan fingerprint density at radius 2 is 2.28 bits per heavy atom. The molecule has 2 aromatic heterocycles. The van der Waals surface area contributed by atoms with Gasteiger partial charge in [-0.2, -0.15) is 0 Å². The first-order chi connectivity index (χ1) is 12.2. The summed E-state index contributed by atoms with van der Waals surface area (Å²) < 4.78 is 0. The van der Waals surface area contributed by atoms with Crippen molar-refractivity contribution in [3.8, 4) is 0 Å². The highest BCUT2D eigenvalue weighted by molar-refractivity contribution is 7.16. The Balaban J connectivity index is 1.86. The van der Waals surface area contributed by atoms with Crippen molar-refractivity contribution in [1.82, 2.24) is 14.8 Å². The first-order valence-corrected chi connectivity index (χ1v) is 9.58. The third-order valence-electron chi connectivity index (χ3n) is 5.09. The average molecular weight is 356 g/mol. The van der Waals surface area contributed by atoms with Gasteiger partial charge in [-0.25, -0.2) is 0 Å². The second kappa shape index (κ2) is 6.78. The van der Waals surface area contributed by atoms with Gasteiger partial charge in [-0.05, 0) is 38.6 Å². The number of aliphatic hydroxyl groups excluding tert-OH is 1. The quantitative estimate of drug-likeness (QED) is 0.851. The summed E-state index contributed by atoms with van der Waals surface area (Å²) in [5.41, 5.74) is 2.45. The topological polar surface area (TPSA) is 51.6 Å². The predicted molar refractivity (Wildman–Crippen MR) is 103 cm³/mol. The fraction of sp³-hybridized carbons (Fsp3) is 0.421. The minimum absolute atomic E-state index is 0.227. The average Bonchev–Trinajstić information content (AvgIpc) is 2.90. The maximum Gasteiger partial charge on any atom is 0.102 e. The fourth-order valence-corrected chi connectivity index (χ4v) is 4.61. The molecule has 4 rings (SSSR count). The molecule has 2 N–H and O–H groups in total. The zero-order valence-corrected chi connectivity index (χ0v) is 15.5. The van der Waals surface area contributed by atoms with E-state index in [9.17, 15) is 5.11 Å². The zero-order valence-electron chi connectivity index (χ0n) is 14.7. The van der Waals surface area contributed by atoms with E-state index in [4.69, 9.17) is 4.98 Å². The molecule has 5 nitrogen and oxygen atoms in total. The first kappa shape index (κ1) is 16.6. The molecule has 132 valence electrons. The van der Waals surface area contributed by atoms with E-state index in [0.717, 1.165) is 36.6 Å². The van der Waals surface area contributed by atoms with E-state index in [-0.39, 0.29) is 6.61 Å². The van der Waals surface area contributed by atoms with Crippen molar-refractivity contribution >= 4 is 28.2 Å². The Hall–Kier alpha value is -1.89. The van der Waals surface area contributed by atoms with Crippen LogP contribution in [0.4, 0.5) is 5.00 Å². The molecule has 0 bridgehead atoms. The van der Waals surface area contributed by atoms with E-state index in [2.05, 4.69) is 47.4 Å². The van der Waals surface area contributed by atoms with Crippen LogP contribution in [0.1, 0.15) is 16.9 Å². The molecule has 1 fully saturated rings. The standard InChI is InChI=1S/C19H24N4OS/c1-13-10-16-18(23-8-7-22(2)15(12-23)5-9-24)17-14(4-3-6-20-17)11-21-19(16)25-13/h3-4,6,10-11,15,21,24H,5,7-9,12H2,1-2H3. The molecule has 6 heteroatoms. The summed E-state index contributed by atoms with van der Waals surface area (Å²) in [6.07, 6.45) is 4.73. The normalized spacial score (nSPS) is 20.4. The number of thiophene rings is 1. The van der Waals surface area contributed by atoms with E-state index >= 15 is 0 Å². The minimum Gasteiger partial charge on any atom is -0.396 e. The number of aliphatic hydroxyl groups is 1. The number of anilines is 1. The van der Waals surface area contributed by atoms with Gasteiger partial charge in [0, 0.05) is 60.3 Å². The molecule has 0 saturated carbocycles. The van der Waals surface area contributed by atoms with Gasteiger partial charge in [0.1, 0.15) is 5.00 Å². The van der Waals surface area contributed by atoms with Crippen LogP contribution in [-0.2, 0) is 0 Å². The summed E-state index contributed by atoms with van der Waals surface area (Å²) in [7, 11) is 2.15. The number of hydrogen-bond acceptors (Lipinski definition) is 6. The molecule has 1 unspecified atom stereocenters. The van der Waals surface area contributed by atoms with Crippen molar-refractivity contribution in [2.45, 2.75) is 19.4 Å². The van der Waals surface area contributed by atoms with Gasteiger partial charge in [-0.1, -0.05) is 0 Å². The SMILES string of the molecule is Cc1cc2c(s1)NC=c1cccnc1=C2N1CCN(C)C(CCO)C1. The highest BCUT2D eigenvalue weighted by Gasteiger charge is 2.28. The summed E-state index contributed by atoms with van der Waals surface area (Å²) in [4.78, 5) is 10.8. The van der Waals surface area contributed by atoms with Gasteiger partial charge in [0.25, 0.3) is 0 Å². The number of aryl methyl sites for hydroxylation is 1. The van der Waals surface area contributed by atoms with Crippen molar-refractivity contribution in [3.05, 3.63) is 45.4 Å². The number of pyridine rings is 1. The second-order valence-corrected chi connectivity index (χ2v) is 8.03. The molecule has 0 spiro atoms. The summed E-state index contributed by atoms with van der Waals surface area (Å²) in [6, 6.07) is 6.72. The lowest BCUT2D eigenvalue weighted by molar-refractivity contribution is 0.110. The predicted octanol–water partition coefficient (Wildman–Crippen LogP) is 0.770. The number of rotatable bonds is 3. The van der Waals surface area contributed by atoms with Gasteiger partial charge in [0.15, 0.2) is 0 Å². The van der Waals surface area contributed by atoms with Crippen LogP contribution in [-0.4, -0.2) is 59.2 Å². The van der Waals surface area contributed by atoms with Crippen molar-refractivity contribution in [2.24, 2.45) is 0 Å². The molecule has 0 amide bonds. The van der Waals surface area contributed by atoms with Crippen molar-refractivity contribution in [3.63, 3.8) is 0 Å². The Labute approximate surface area is 151 Å². The van der Waals surface area contributed by atoms with Crippen molar-refractivity contribution in [1.29, 1.82) is 0 Å². The highest BCUT2D eigenvalue weighted by Crippen LogP contribution is 2.34. The number of likely N-dealkylation sites (N-methyl/N-ethyl adjacent to an activating group) is 1. The molecule has 0 aromatic carbocycles. The van der Waals surface area contributed by atoms with Crippen LogP contribution in [0, 0.1) is 6.92 Å². The summed E-state index contributed by atoms with van der Waals surface area (Å²) in [5, 5.41) is 16.2. The Kier molecular flexibility index (Phi) is 4.50. The maximum atomic E-state index is 9.42. The lowest BCUT2D eigenvalue weighted by Gasteiger charge is -2.41. The smallest absolute Gasteiger partial charge is 0.102 e. The van der Waals surface area contributed by atoms with E-state index < -0.39 is 0 Å². The van der Waals surface area contributed by atoms with Gasteiger partial charge in [0.05, 0.1) is 11.0 Å². The van der Waals surface area contributed by atoms with Crippen LogP contribution in [0.25, 0.3) is 11.9 Å². The van der Waals surface area contributed by atoms with E-state index in [1.54, 1.807) is 11.3 Å². The maximum absolute atomic E-state index is 9.42. The van der Waals surface area contributed by atoms with Crippen LogP contribution in [0.5, 0.6) is 0 Å². The number of nitrogens with zero attached hydrogens (tertiary/aromatic N) is 3. The van der Waals surface area contributed by atoms with Crippen LogP contribution in [0.2, 0.25) is 0 Å². The van der Waals surface area contributed by atoms with Crippen molar-refractivity contribution < 1.29 is 5.11 Å². The molecule has 25 heavy (non-hydrogen) atoms. The van der Waals surface area contributed by atoms with E-state index in [1.807, 2.05) is 12.3 Å². The van der Waals surface area contributed by atoms with Crippen LogP contribution in [0.3, 0.4) is 0 Å². The van der Waals surface area contributed by atoms with Crippen molar-refractivity contribution in [2.75, 3.05) is 38.6 Å². The van der Waals surface area contributed by atoms with Crippen LogP contribution in [0.15, 0.2) is 24.4 Å². The van der Waals surface area contributed by atoms with Crippen LogP contribution < -0.4 is 15.9 Å². The highest BCUT2D eigenvalue weighted by atomic mass is 32.1.